The van der Waals surface area contributed by atoms with Crippen LogP contribution in [0.15, 0.2) is 55.0 Å². The Labute approximate surface area is 193 Å². The van der Waals surface area contributed by atoms with Gasteiger partial charge in [-0.05, 0) is 29.5 Å². The summed E-state index contributed by atoms with van der Waals surface area (Å²) in [6.07, 6.45) is 9.41. The van der Waals surface area contributed by atoms with Gasteiger partial charge in [-0.25, -0.2) is 14.3 Å². The number of amides is 1. The molecule has 0 saturated carbocycles. The second kappa shape index (κ2) is 10.1. The second-order valence-corrected chi connectivity index (χ2v) is 8.46. The number of fused-ring (bicyclic) bond motifs is 1. The smallest absolute Gasteiger partial charge is 0.410 e. The molecule has 4 heterocycles. The monoisotopic (exact) mass is 447 g/mol. The summed E-state index contributed by atoms with van der Waals surface area (Å²) in [6, 6.07) is 9.73. The van der Waals surface area contributed by atoms with Gasteiger partial charge in [0.2, 0.25) is 0 Å². The summed E-state index contributed by atoms with van der Waals surface area (Å²) >= 11 is 0. The molecule has 0 spiro atoms. The molecule has 0 N–H and O–H groups in total. The van der Waals surface area contributed by atoms with Crippen molar-refractivity contribution < 1.29 is 14.3 Å². The number of benzene rings is 1. The number of morpholine rings is 1. The topological polar surface area (TPSA) is 72.2 Å². The van der Waals surface area contributed by atoms with Crippen LogP contribution in [0.1, 0.15) is 23.1 Å². The first-order valence-electron chi connectivity index (χ1n) is 11.5. The SMILES string of the molecule is O=C(OCc1ccccc1)N1CC=C(c2cnn3cc(CCN4CCOCC4)cnc23)CC1. The molecule has 3 aromatic rings. The van der Waals surface area contributed by atoms with E-state index in [0.29, 0.717) is 19.7 Å². The van der Waals surface area contributed by atoms with E-state index in [1.54, 1.807) is 4.90 Å². The molecule has 1 fully saturated rings. The second-order valence-electron chi connectivity index (χ2n) is 8.46. The van der Waals surface area contributed by atoms with Gasteiger partial charge in [-0.2, -0.15) is 5.10 Å². The molecule has 33 heavy (non-hydrogen) atoms. The average Bonchev–Trinajstić information content (AvgIpc) is 3.31. The van der Waals surface area contributed by atoms with E-state index in [9.17, 15) is 4.79 Å². The van der Waals surface area contributed by atoms with Crippen LogP contribution >= 0.6 is 0 Å². The van der Waals surface area contributed by atoms with E-state index < -0.39 is 0 Å². The maximum Gasteiger partial charge on any atom is 0.410 e. The lowest BCUT2D eigenvalue weighted by Gasteiger charge is -2.26. The maximum atomic E-state index is 12.4. The Bertz CT molecular complexity index is 1120. The van der Waals surface area contributed by atoms with Crippen molar-refractivity contribution in [2.75, 3.05) is 45.9 Å². The summed E-state index contributed by atoms with van der Waals surface area (Å²) in [5.74, 6) is 0. The molecule has 5 rings (SSSR count). The fraction of sp³-hybridized carbons (Fsp3) is 0.400. The van der Waals surface area contributed by atoms with Crippen LogP contribution in [0.25, 0.3) is 11.2 Å². The number of carbonyl (C=O) groups excluding carboxylic acids is 1. The summed E-state index contributed by atoms with van der Waals surface area (Å²) in [7, 11) is 0. The highest BCUT2D eigenvalue weighted by Crippen LogP contribution is 2.25. The summed E-state index contributed by atoms with van der Waals surface area (Å²) in [5.41, 5.74) is 5.23. The first kappa shape index (κ1) is 21.6. The van der Waals surface area contributed by atoms with E-state index in [-0.39, 0.29) is 6.09 Å². The first-order valence-corrected chi connectivity index (χ1v) is 11.5. The largest absolute Gasteiger partial charge is 0.445 e. The van der Waals surface area contributed by atoms with E-state index in [2.05, 4.69) is 22.3 Å². The van der Waals surface area contributed by atoms with Crippen LogP contribution in [0.5, 0.6) is 0 Å². The van der Waals surface area contributed by atoms with E-state index in [1.807, 2.05) is 47.2 Å². The number of ether oxygens (including phenoxy) is 2. The van der Waals surface area contributed by atoms with Gasteiger partial charge in [0.25, 0.3) is 0 Å². The Morgan fingerprint density at radius 3 is 2.70 bits per heavy atom. The Morgan fingerprint density at radius 2 is 1.91 bits per heavy atom. The van der Waals surface area contributed by atoms with Crippen LogP contribution in [0.4, 0.5) is 4.79 Å². The van der Waals surface area contributed by atoms with Crippen LogP contribution in [0, 0.1) is 0 Å². The van der Waals surface area contributed by atoms with Crippen molar-refractivity contribution in [2.24, 2.45) is 0 Å². The molecule has 1 amide bonds. The number of hydrogen-bond acceptors (Lipinski definition) is 6. The lowest BCUT2D eigenvalue weighted by molar-refractivity contribution is 0.0384. The van der Waals surface area contributed by atoms with E-state index >= 15 is 0 Å². The molecule has 0 aliphatic carbocycles. The first-order chi connectivity index (χ1) is 16.3. The molecular weight excluding hydrogens is 418 g/mol. The number of nitrogens with zero attached hydrogens (tertiary/aromatic N) is 5. The van der Waals surface area contributed by atoms with E-state index in [1.165, 1.54) is 11.1 Å². The number of aromatic nitrogens is 3. The minimum atomic E-state index is -0.281. The molecule has 2 aromatic heterocycles. The van der Waals surface area contributed by atoms with Gasteiger partial charge in [0.1, 0.15) is 6.61 Å². The van der Waals surface area contributed by atoms with Crippen molar-refractivity contribution in [2.45, 2.75) is 19.4 Å². The van der Waals surface area contributed by atoms with Gasteiger partial charge in [-0.3, -0.25) is 4.90 Å². The van der Waals surface area contributed by atoms with Crippen molar-refractivity contribution in [1.29, 1.82) is 0 Å². The minimum absolute atomic E-state index is 0.281. The van der Waals surface area contributed by atoms with Crippen molar-refractivity contribution in [3.63, 3.8) is 0 Å². The fourth-order valence-corrected chi connectivity index (χ4v) is 4.27. The van der Waals surface area contributed by atoms with Gasteiger partial charge in [0, 0.05) is 50.7 Å². The molecular formula is C25H29N5O3. The molecule has 1 aromatic carbocycles. The molecule has 1 saturated heterocycles. The summed E-state index contributed by atoms with van der Waals surface area (Å²) < 4.78 is 12.7. The van der Waals surface area contributed by atoms with E-state index in [0.717, 1.165) is 62.5 Å². The van der Waals surface area contributed by atoms with Gasteiger partial charge >= 0.3 is 6.09 Å². The molecule has 2 aliphatic heterocycles. The molecule has 172 valence electrons. The molecule has 8 nitrogen and oxygen atoms in total. The van der Waals surface area contributed by atoms with Gasteiger partial charge in [0.05, 0.1) is 19.4 Å². The Hall–Kier alpha value is -3.23. The fourth-order valence-electron chi connectivity index (χ4n) is 4.27. The average molecular weight is 448 g/mol. The third-order valence-electron chi connectivity index (χ3n) is 6.25. The maximum absolute atomic E-state index is 12.4. The Balaban J connectivity index is 1.18. The Kier molecular flexibility index (Phi) is 6.64. The molecule has 0 radical (unpaired) electrons. The van der Waals surface area contributed by atoms with E-state index in [4.69, 9.17) is 14.5 Å². The van der Waals surface area contributed by atoms with Crippen LogP contribution in [0.2, 0.25) is 0 Å². The van der Waals surface area contributed by atoms with Crippen molar-refractivity contribution >= 4 is 17.3 Å². The zero-order valence-electron chi connectivity index (χ0n) is 18.7. The van der Waals surface area contributed by atoms with Crippen LogP contribution in [-0.4, -0.2) is 76.4 Å². The van der Waals surface area contributed by atoms with Gasteiger partial charge in [0.15, 0.2) is 5.65 Å². The van der Waals surface area contributed by atoms with Crippen molar-refractivity contribution in [3.05, 3.63) is 71.7 Å². The predicted octanol–water partition coefficient (Wildman–Crippen LogP) is 3.03. The van der Waals surface area contributed by atoms with Gasteiger partial charge in [-0.15, -0.1) is 0 Å². The highest BCUT2D eigenvalue weighted by atomic mass is 16.6. The minimum Gasteiger partial charge on any atom is -0.445 e. The van der Waals surface area contributed by atoms with Crippen molar-refractivity contribution in [3.8, 4) is 0 Å². The van der Waals surface area contributed by atoms with Crippen molar-refractivity contribution in [1.82, 2.24) is 24.4 Å². The number of carbonyl (C=O) groups is 1. The Morgan fingerprint density at radius 1 is 1.06 bits per heavy atom. The summed E-state index contributed by atoms with van der Waals surface area (Å²) in [5, 5.41) is 4.54. The quantitative estimate of drug-likeness (QED) is 0.579. The molecule has 0 bridgehead atoms. The summed E-state index contributed by atoms with van der Waals surface area (Å²) in [6.45, 7) is 6.06. The standard InChI is InChI=1S/C25H29N5O3/c31-25(33-19-20-4-2-1-3-5-20)29-10-7-22(8-11-29)23-17-27-30-18-21(16-26-24(23)30)6-9-28-12-14-32-15-13-28/h1-5,7,16-18H,6,8-15,19H2. The third kappa shape index (κ3) is 5.23. The van der Waals surface area contributed by atoms with Gasteiger partial charge < -0.3 is 14.4 Å². The molecule has 8 heteroatoms. The highest BCUT2D eigenvalue weighted by Gasteiger charge is 2.21. The van der Waals surface area contributed by atoms with Crippen LogP contribution < -0.4 is 0 Å². The number of rotatable bonds is 6. The zero-order valence-corrected chi connectivity index (χ0v) is 18.7. The normalized spacial score (nSPS) is 17.2. The molecule has 2 aliphatic rings. The van der Waals surface area contributed by atoms with Crippen LogP contribution in [0.3, 0.4) is 0 Å². The summed E-state index contributed by atoms with van der Waals surface area (Å²) in [4.78, 5) is 21.3. The molecule has 0 unspecified atom stereocenters. The zero-order chi connectivity index (χ0) is 22.5. The molecule has 0 atom stereocenters. The lowest BCUT2D eigenvalue weighted by Crippen LogP contribution is -2.37. The predicted molar refractivity (Wildman–Crippen MR) is 125 cm³/mol. The highest BCUT2D eigenvalue weighted by molar-refractivity contribution is 5.78. The number of hydrogen-bond donors (Lipinski definition) is 0. The lowest BCUT2D eigenvalue weighted by atomic mass is 10.0. The van der Waals surface area contributed by atoms with Gasteiger partial charge in [-0.1, -0.05) is 36.4 Å². The third-order valence-corrected chi connectivity index (χ3v) is 6.25. The van der Waals surface area contributed by atoms with Crippen LogP contribution in [-0.2, 0) is 22.5 Å².